The van der Waals surface area contributed by atoms with Crippen molar-refractivity contribution in [2.75, 3.05) is 5.32 Å². The van der Waals surface area contributed by atoms with Crippen LogP contribution in [0.15, 0.2) is 30.6 Å². The summed E-state index contributed by atoms with van der Waals surface area (Å²) in [5.41, 5.74) is 2.08. The predicted molar refractivity (Wildman–Crippen MR) is 90.5 cm³/mol. The van der Waals surface area contributed by atoms with Gasteiger partial charge in [0.15, 0.2) is 17.0 Å². The van der Waals surface area contributed by atoms with E-state index in [1.165, 1.54) is 18.5 Å². The van der Waals surface area contributed by atoms with Crippen LogP contribution in [0.3, 0.4) is 0 Å². The van der Waals surface area contributed by atoms with Gasteiger partial charge < -0.3 is 10.4 Å². The summed E-state index contributed by atoms with van der Waals surface area (Å²) in [6, 6.07) is 6.22. The van der Waals surface area contributed by atoms with Crippen LogP contribution >= 0.6 is 0 Å². The Hall–Kier alpha value is -2.61. The van der Waals surface area contributed by atoms with Crippen molar-refractivity contribution >= 4 is 17.0 Å². The van der Waals surface area contributed by atoms with E-state index < -0.39 is 0 Å². The second-order valence-corrected chi connectivity index (χ2v) is 6.37. The summed E-state index contributed by atoms with van der Waals surface area (Å²) in [5.74, 6) is 0.313. The van der Waals surface area contributed by atoms with Crippen molar-refractivity contribution in [2.24, 2.45) is 0 Å². The van der Waals surface area contributed by atoms with Gasteiger partial charge in [-0.3, -0.25) is 0 Å². The third-order valence-electron chi connectivity index (χ3n) is 4.60. The maximum Gasteiger partial charge on any atom is 0.184 e. The standard InChI is InChI=1S/C17H19FN6O/c18-12-7-5-11(6-8-12)9-24-17-15(22-23-24)16(19-10-20-17)21-13-3-1-2-4-14(13)25/h5-8,10,13-14,25H,1-4,9H2,(H,19,20,21). The lowest BCUT2D eigenvalue weighted by Crippen LogP contribution is -2.36. The first-order valence-electron chi connectivity index (χ1n) is 8.44. The summed E-state index contributed by atoms with van der Waals surface area (Å²) in [6.45, 7) is 0.444. The Morgan fingerprint density at radius 2 is 1.96 bits per heavy atom. The normalized spacial score (nSPS) is 20.7. The molecule has 0 aliphatic heterocycles. The number of nitrogens with one attached hydrogen (secondary N) is 1. The fraction of sp³-hybridized carbons (Fsp3) is 0.412. The van der Waals surface area contributed by atoms with Gasteiger partial charge in [0.25, 0.3) is 0 Å². The fourth-order valence-electron chi connectivity index (χ4n) is 3.22. The highest BCUT2D eigenvalue weighted by Crippen LogP contribution is 2.24. The number of anilines is 1. The third-order valence-corrected chi connectivity index (χ3v) is 4.60. The van der Waals surface area contributed by atoms with Gasteiger partial charge in [-0.15, -0.1) is 5.10 Å². The number of fused-ring (bicyclic) bond motifs is 1. The largest absolute Gasteiger partial charge is 0.391 e. The molecule has 3 aromatic rings. The molecule has 8 heteroatoms. The lowest BCUT2D eigenvalue weighted by molar-refractivity contribution is 0.116. The number of hydrogen-bond donors (Lipinski definition) is 2. The van der Waals surface area contributed by atoms with Crippen molar-refractivity contribution in [1.29, 1.82) is 0 Å². The lowest BCUT2D eigenvalue weighted by Gasteiger charge is -2.28. The Morgan fingerprint density at radius 3 is 2.76 bits per heavy atom. The van der Waals surface area contributed by atoms with Crippen LogP contribution in [-0.2, 0) is 6.54 Å². The van der Waals surface area contributed by atoms with Gasteiger partial charge in [-0.05, 0) is 30.5 Å². The Bertz CT molecular complexity index is 865. The first-order valence-corrected chi connectivity index (χ1v) is 8.44. The number of rotatable bonds is 4. The zero-order chi connectivity index (χ0) is 17.2. The Kier molecular flexibility index (Phi) is 4.27. The molecule has 1 aromatic carbocycles. The predicted octanol–water partition coefficient (Wildman–Crippen LogP) is 2.12. The smallest absolute Gasteiger partial charge is 0.184 e. The molecule has 0 spiro atoms. The van der Waals surface area contributed by atoms with E-state index in [0.717, 1.165) is 31.2 Å². The minimum absolute atomic E-state index is 0.0332. The van der Waals surface area contributed by atoms with Crippen LogP contribution in [0, 0.1) is 5.82 Å². The molecule has 2 unspecified atom stereocenters. The van der Waals surface area contributed by atoms with Crippen LogP contribution in [0.4, 0.5) is 10.2 Å². The number of halogens is 1. The summed E-state index contributed by atoms with van der Waals surface area (Å²) < 4.78 is 14.7. The molecule has 1 fully saturated rings. The zero-order valence-electron chi connectivity index (χ0n) is 13.6. The number of aliphatic hydroxyl groups excluding tert-OH is 1. The molecule has 7 nitrogen and oxygen atoms in total. The number of aromatic nitrogens is 5. The summed E-state index contributed by atoms with van der Waals surface area (Å²) in [6.07, 6.45) is 4.91. The van der Waals surface area contributed by atoms with E-state index in [1.807, 2.05) is 0 Å². The molecule has 4 rings (SSSR count). The van der Waals surface area contributed by atoms with E-state index in [-0.39, 0.29) is 18.0 Å². The average Bonchev–Trinajstić information content (AvgIpc) is 3.03. The van der Waals surface area contributed by atoms with Gasteiger partial charge in [0.1, 0.15) is 12.1 Å². The van der Waals surface area contributed by atoms with Crippen molar-refractivity contribution in [1.82, 2.24) is 25.0 Å². The maximum absolute atomic E-state index is 13.0. The lowest BCUT2D eigenvalue weighted by atomic mass is 9.92. The van der Waals surface area contributed by atoms with Crippen LogP contribution in [0.1, 0.15) is 31.2 Å². The Labute approximate surface area is 143 Å². The zero-order valence-corrected chi connectivity index (χ0v) is 13.6. The van der Waals surface area contributed by atoms with Gasteiger partial charge in [-0.1, -0.05) is 30.2 Å². The van der Waals surface area contributed by atoms with Crippen molar-refractivity contribution in [3.05, 3.63) is 42.0 Å². The van der Waals surface area contributed by atoms with Crippen LogP contribution in [0.25, 0.3) is 11.2 Å². The molecule has 1 saturated carbocycles. The highest BCUT2D eigenvalue weighted by Gasteiger charge is 2.24. The van der Waals surface area contributed by atoms with E-state index in [0.29, 0.717) is 23.5 Å². The van der Waals surface area contributed by atoms with Crippen LogP contribution in [0.2, 0.25) is 0 Å². The fourth-order valence-corrected chi connectivity index (χ4v) is 3.22. The van der Waals surface area contributed by atoms with Crippen molar-refractivity contribution in [3.63, 3.8) is 0 Å². The minimum atomic E-state index is -0.381. The molecule has 2 N–H and O–H groups in total. The van der Waals surface area contributed by atoms with E-state index in [4.69, 9.17) is 0 Å². The van der Waals surface area contributed by atoms with Gasteiger partial charge in [0.2, 0.25) is 0 Å². The van der Waals surface area contributed by atoms with Gasteiger partial charge in [0, 0.05) is 0 Å². The molecule has 0 amide bonds. The molecule has 2 atom stereocenters. The van der Waals surface area contributed by atoms with Crippen molar-refractivity contribution in [2.45, 2.75) is 44.4 Å². The Morgan fingerprint density at radius 1 is 1.16 bits per heavy atom. The van der Waals surface area contributed by atoms with E-state index in [9.17, 15) is 9.50 Å². The molecule has 1 aliphatic rings. The first-order chi connectivity index (χ1) is 12.2. The number of nitrogens with zero attached hydrogens (tertiary/aromatic N) is 5. The summed E-state index contributed by atoms with van der Waals surface area (Å²) in [7, 11) is 0. The summed E-state index contributed by atoms with van der Waals surface area (Å²) in [4.78, 5) is 8.55. The number of benzene rings is 1. The van der Waals surface area contributed by atoms with Crippen molar-refractivity contribution < 1.29 is 9.50 Å². The molecule has 0 bridgehead atoms. The van der Waals surface area contributed by atoms with E-state index in [1.54, 1.807) is 16.8 Å². The second kappa shape index (κ2) is 6.72. The number of hydrogen-bond acceptors (Lipinski definition) is 6. The van der Waals surface area contributed by atoms with Crippen LogP contribution in [0.5, 0.6) is 0 Å². The Balaban J connectivity index is 1.60. The number of aliphatic hydroxyl groups is 1. The summed E-state index contributed by atoms with van der Waals surface area (Å²) in [5, 5.41) is 21.8. The second-order valence-electron chi connectivity index (χ2n) is 6.37. The van der Waals surface area contributed by atoms with Gasteiger partial charge in [0.05, 0.1) is 18.7 Å². The molecular formula is C17H19FN6O. The SMILES string of the molecule is OC1CCCCC1Nc1ncnc2c1nnn2Cc1ccc(F)cc1. The van der Waals surface area contributed by atoms with Crippen LogP contribution < -0.4 is 5.32 Å². The minimum Gasteiger partial charge on any atom is -0.391 e. The molecule has 0 saturated heterocycles. The highest BCUT2D eigenvalue weighted by atomic mass is 19.1. The molecule has 2 heterocycles. The van der Waals surface area contributed by atoms with E-state index in [2.05, 4.69) is 25.6 Å². The first kappa shape index (κ1) is 15.9. The van der Waals surface area contributed by atoms with E-state index >= 15 is 0 Å². The van der Waals surface area contributed by atoms with Crippen molar-refractivity contribution in [3.8, 4) is 0 Å². The quantitative estimate of drug-likeness (QED) is 0.755. The average molecular weight is 342 g/mol. The monoisotopic (exact) mass is 342 g/mol. The molecule has 25 heavy (non-hydrogen) atoms. The molecule has 1 aliphatic carbocycles. The third kappa shape index (κ3) is 3.30. The van der Waals surface area contributed by atoms with Gasteiger partial charge in [-0.25, -0.2) is 19.0 Å². The van der Waals surface area contributed by atoms with Gasteiger partial charge >= 0.3 is 0 Å². The highest BCUT2D eigenvalue weighted by molar-refractivity contribution is 5.82. The molecular weight excluding hydrogens is 323 g/mol. The molecule has 2 aromatic heterocycles. The molecule has 0 radical (unpaired) electrons. The topological polar surface area (TPSA) is 88.8 Å². The molecule has 130 valence electrons. The maximum atomic E-state index is 13.0. The van der Waals surface area contributed by atoms with Crippen LogP contribution in [-0.4, -0.2) is 42.2 Å². The van der Waals surface area contributed by atoms with Gasteiger partial charge in [-0.2, -0.15) is 0 Å². The summed E-state index contributed by atoms with van der Waals surface area (Å²) >= 11 is 0.